The van der Waals surface area contributed by atoms with Crippen molar-refractivity contribution in [1.82, 2.24) is 29.4 Å². The SMILES string of the molecule is CCn1cc(CN2CCN(C(=O)c3ccn(COc4cc(F)ccc4[N+](=O)[O-])n3)CC2)c(C)n1. The largest absolute Gasteiger partial charge is 0.464 e. The van der Waals surface area contributed by atoms with E-state index in [1.165, 1.54) is 10.2 Å². The van der Waals surface area contributed by atoms with Gasteiger partial charge in [0.1, 0.15) is 5.82 Å². The van der Waals surface area contributed by atoms with E-state index < -0.39 is 10.7 Å². The zero-order valence-electron chi connectivity index (χ0n) is 19.1. The van der Waals surface area contributed by atoms with Crippen molar-refractivity contribution in [3.05, 3.63) is 69.5 Å². The van der Waals surface area contributed by atoms with Gasteiger partial charge in [0.05, 0.1) is 10.6 Å². The Labute approximate surface area is 195 Å². The Morgan fingerprint density at radius 1 is 1.18 bits per heavy atom. The molecule has 11 nitrogen and oxygen atoms in total. The lowest BCUT2D eigenvalue weighted by Gasteiger charge is -2.34. The van der Waals surface area contributed by atoms with Crippen LogP contribution in [0.4, 0.5) is 10.1 Å². The minimum absolute atomic E-state index is 0.190. The number of aromatic nitrogens is 4. The van der Waals surface area contributed by atoms with Crippen LogP contribution >= 0.6 is 0 Å². The molecule has 2 aromatic heterocycles. The van der Waals surface area contributed by atoms with Gasteiger partial charge in [-0.3, -0.25) is 24.5 Å². The predicted molar refractivity (Wildman–Crippen MR) is 120 cm³/mol. The average molecular weight is 471 g/mol. The molecule has 34 heavy (non-hydrogen) atoms. The highest BCUT2D eigenvalue weighted by molar-refractivity contribution is 5.92. The number of aryl methyl sites for hydroxylation is 2. The van der Waals surface area contributed by atoms with Crippen molar-refractivity contribution in [2.75, 3.05) is 26.2 Å². The van der Waals surface area contributed by atoms with Crippen LogP contribution in [0.2, 0.25) is 0 Å². The number of amides is 1. The van der Waals surface area contributed by atoms with Crippen LogP contribution in [-0.4, -0.2) is 66.4 Å². The van der Waals surface area contributed by atoms with E-state index in [1.54, 1.807) is 17.2 Å². The fraction of sp³-hybridized carbons (Fsp3) is 0.409. The first-order valence-corrected chi connectivity index (χ1v) is 11.0. The Balaban J connectivity index is 1.31. The fourth-order valence-corrected chi connectivity index (χ4v) is 3.83. The zero-order chi connectivity index (χ0) is 24.2. The van der Waals surface area contributed by atoms with Gasteiger partial charge in [-0.2, -0.15) is 10.2 Å². The highest BCUT2D eigenvalue weighted by Crippen LogP contribution is 2.27. The molecular weight excluding hydrogens is 445 g/mol. The number of piperazine rings is 1. The summed E-state index contributed by atoms with van der Waals surface area (Å²) < 4.78 is 22.1. The second-order valence-electron chi connectivity index (χ2n) is 8.05. The van der Waals surface area contributed by atoms with Crippen molar-refractivity contribution in [2.45, 2.75) is 33.7 Å². The summed E-state index contributed by atoms with van der Waals surface area (Å²) in [6, 6.07) is 4.55. The number of ether oxygens (including phenoxy) is 1. The summed E-state index contributed by atoms with van der Waals surface area (Å²) in [4.78, 5) is 27.4. The molecule has 1 amide bonds. The molecule has 1 aromatic carbocycles. The first-order chi connectivity index (χ1) is 16.3. The third kappa shape index (κ3) is 5.22. The Morgan fingerprint density at radius 3 is 2.62 bits per heavy atom. The Kier molecular flexibility index (Phi) is 6.87. The second kappa shape index (κ2) is 10.00. The van der Waals surface area contributed by atoms with Gasteiger partial charge in [-0.25, -0.2) is 9.07 Å². The van der Waals surface area contributed by atoms with Crippen molar-refractivity contribution in [3.63, 3.8) is 0 Å². The highest BCUT2D eigenvalue weighted by atomic mass is 19.1. The predicted octanol–water partition coefficient (Wildman–Crippen LogP) is 2.45. The van der Waals surface area contributed by atoms with Crippen LogP contribution in [-0.2, 0) is 19.8 Å². The summed E-state index contributed by atoms with van der Waals surface area (Å²) in [6.45, 7) is 8.15. The molecule has 1 aliphatic heterocycles. The number of rotatable bonds is 8. The zero-order valence-corrected chi connectivity index (χ0v) is 19.1. The molecule has 12 heteroatoms. The van der Waals surface area contributed by atoms with Crippen LogP contribution in [0.1, 0.15) is 28.7 Å². The number of benzene rings is 1. The summed E-state index contributed by atoms with van der Waals surface area (Å²) in [5, 5.41) is 19.8. The maximum Gasteiger partial charge on any atom is 0.311 e. The van der Waals surface area contributed by atoms with E-state index >= 15 is 0 Å². The van der Waals surface area contributed by atoms with Crippen LogP contribution in [0.3, 0.4) is 0 Å². The average Bonchev–Trinajstić information content (AvgIpc) is 3.44. The van der Waals surface area contributed by atoms with E-state index in [-0.39, 0.29) is 29.8 Å². The third-order valence-electron chi connectivity index (χ3n) is 5.76. The molecule has 0 saturated carbocycles. The normalized spacial score (nSPS) is 14.4. The number of carbonyl (C=O) groups excluding carboxylic acids is 1. The summed E-state index contributed by atoms with van der Waals surface area (Å²) in [6.07, 6.45) is 3.61. The fourth-order valence-electron chi connectivity index (χ4n) is 3.83. The number of hydrogen-bond acceptors (Lipinski definition) is 7. The van der Waals surface area contributed by atoms with Gasteiger partial charge < -0.3 is 9.64 Å². The molecule has 0 atom stereocenters. The summed E-state index contributed by atoms with van der Waals surface area (Å²) >= 11 is 0. The Hall–Kier alpha value is -3.80. The van der Waals surface area contributed by atoms with E-state index in [1.807, 2.05) is 11.6 Å². The number of halogens is 1. The number of nitrogens with zero attached hydrogens (tertiary/aromatic N) is 7. The minimum Gasteiger partial charge on any atom is -0.464 e. The van der Waals surface area contributed by atoms with Gasteiger partial charge in [-0.05, 0) is 26.0 Å². The van der Waals surface area contributed by atoms with Crippen LogP contribution in [0.15, 0.2) is 36.7 Å². The van der Waals surface area contributed by atoms with Gasteiger partial charge >= 0.3 is 5.69 Å². The Bertz CT molecular complexity index is 1180. The molecule has 0 bridgehead atoms. The number of nitro benzene ring substituents is 1. The molecule has 1 aliphatic rings. The molecule has 180 valence electrons. The smallest absolute Gasteiger partial charge is 0.311 e. The van der Waals surface area contributed by atoms with E-state index in [9.17, 15) is 19.3 Å². The molecule has 0 spiro atoms. The Morgan fingerprint density at radius 2 is 1.94 bits per heavy atom. The van der Waals surface area contributed by atoms with Gasteiger partial charge in [-0.15, -0.1) is 0 Å². The van der Waals surface area contributed by atoms with Gasteiger partial charge in [0.25, 0.3) is 5.91 Å². The summed E-state index contributed by atoms with van der Waals surface area (Å²) in [5.41, 5.74) is 2.13. The van der Waals surface area contributed by atoms with E-state index in [0.717, 1.165) is 50.1 Å². The van der Waals surface area contributed by atoms with Crippen molar-refractivity contribution in [2.24, 2.45) is 0 Å². The van der Waals surface area contributed by atoms with Crippen molar-refractivity contribution in [3.8, 4) is 5.75 Å². The lowest BCUT2D eigenvalue weighted by Crippen LogP contribution is -2.48. The van der Waals surface area contributed by atoms with Crippen LogP contribution in [0.5, 0.6) is 5.75 Å². The second-order valence-corrected chi connectivity index (χ2v) is 8.05. The number of hydrogen-bond donors (Lipinski definition) is 0. The maximum atomic E-state index is 13.5. The van der Waals surface area contributed by atoms with Gasteiger partial charge in [0.15, 0.2) is 12.4 Å². The molecular formula is C22H26FN7O4. The van der Waals surface area contributed by atoms with Crippen LogP contribution < -0.4 is 4.74 Å². The van der Waals surface area contributed by atoms with Crippen molar-refractivity contribution in [1.29, 1.82) is 0 Å². The van der Waals surface area contributed by atoms with Crippen LogP contribution in [0.25, 0.3) is 0 Å². The topological polar surface area (TPSA) is 112 Å². The first kappa shape index (κ1) is 23.4. The molecule has 1 fully saturated rings. The third-order valence-corrected chi connectivity index (χ3v) is 5.76. The molecule has 0 aliphatic carbocycles. The van der Waals surface area contributed by atoms with Crippen LogP contribution in [0, 0.1) is 22.9 Å². The van der Waals surface area contributed by atoms with Crippen molar-refractivity contribution < 1.29 is 18.8 Å². The number of carbonyl (C=O) groups is 1. The van der Waals surface area contributed by atoms with Gasteiger partial charge in [0.2, 0.25) is 5.75 Å². The first-order valence-electron chi connectivity index (χ1n) is 11.0. The molecule has 4 rings (SSSR count). The van der Waals surface area contributed by atoms with Gasteiger partial charge in [-0.1, -0.05) is 0 Å². The van der Waals surface area contributed by atoms with E-state index in [0.29, 0.717) is 13.1 Å². The van der Waals surface area contributed by atoms with E-state index in [2.05, 4.69) is 28.2 Å². The molecule has 3 aromatic rings. The molecule has 3 heterocycles. The number of nitro groups is 1. The lowest BCUT2D eigenvalue weighted by atomic mass is 10.2. The van der Waals surface area contributed by atoms with E-state index in [4.69, 9.17) is 4.74 Å². The standard InChI is InChI=1S/C22H26FN7O4/c1-3-28-14-17(16(2)24-28)13-26-8-10-27(11-9-26)22(31)19-6-7-29(25-19)15-34-21-12-18(23)4-5-20(21)30(32)33/h4-7,12,14H,3,8-11,13,15H2,1-2H3. The summed E-state index contributed by atoms with van der Waals surface area (Å²) in [5.74, 6) is -1.04. The summed E-state index contributed by atoms with van der Waals surface area (Å²) in [7, 11) is 0. The van der Waals surface area contributed by atoms with Crippen molar-refractivity contribution >= 4 is 11.6 Å². The molecule has 0 N–H and O–H groups in total. The highest BCUT2D eigenvalue weighted by Gasteiger charge is 2.24. The lowest BCUT2D eigenvalue weighted by molar-refractivity contribution is -0.386. The quantitative estimate of drug-likeness (QED) is 0.366. The molecule has 0 unspecified atom stereocenters. The maximum absolute atomic E-state index is 13.5. The monoisotopic (exact) mass is 471 g/mol. The minimum atomic E-state index is -0.649. The van der Waals surface area contributed by atoms with Gasteiger partial charge in [0, 0.05) is 69.4 Å². The molecule has 0 radical (unpaired) electrons. The molecule has 1 saturated heterocycles.